The lowest BCUT2D eigenvalue weighted by atomic mass is 9.93. The van der Waals surface area contributed by atoms with Crippen LogP contribution in [0.3, 0.4) is 0 Å². The predicted octanol–water partition coefficient (Wildman–Crippen LogP) is 2.33. The van der Waals surface area contributed by atoms with E-state index in [9.17, 15) is 0 Å². The van der Waals surface area contributed by atoms with Crippen LogP contribution in [0.4, 0.5) is 0 Å². The lowest BCUT2D eigenvalue weighted by molar-refractivity contribution is -0.138. The fourth-order valence-corrected chi connectivity index (χ4v) is 3.54. The quantitative estimate of drug-likeness (QED) is 0.839. The molecule has 3 nitrogen and oxygen atoms in total. The summed E-state index contributed by atoms with van der Waals surface area (Å²) in [7, 11) is 0. The Balaban J connectivity index is 1.87. The summed E-state index contributed by atoms with van der Waals surface area (Å²) in [5.41, 5.74) is 2.88. The van der Waals surface area contributed by atoms with Crippen LogP contribution in [0.1, 0.15) is 37.9 Å². The SMILES string of the molecule is CC1CN(C2CNCc3ccccc32)CC(C)(C)O1. The third-order valence-electron chi connectivity index (χ3n) is 4.10. The van der Waals surface area contributed by atoms with Crippen LogP contribution in [-0.2, 0) is 11.3 Å². The summed E-state index contributed by atoms with van der Waals surface area (Å²) >= 11 is 0. The Kier molecular flexibility index (Phi) is 3.37. The Hall–Kier alpha value is -0.900. The molecule has 2 aliphatic rings. The number of nitrogens with zero attached hydrogens (tertiary/aromatic N) is 1. The molecule has 3 rings (SSSR count). The van der Waals surface area contributed by atoms with Crippen molar-refractivity contribution < 1.29 is 4.74 Å². The van der Waals surface area contributed by atoms with E-state index in [4.69, 9.17) is 4.74 Å². The first-order valence-corrected chi connectivity index (χ1v) is 7.25. The van der Waals surface area contributed by atoms with Crippen LogP contribution < -0.4 is 5.32 Å². The fraction of sp³-hybridized carbons (Fsp3) is 0.625. The smallest absolute Gasteiger partial charge is 0.0757 e. The molecule has 1 N–H and O–H groups in total. The number of hydrogen-bond donors (Lipinski definition) is 1. The molecule has 0 amide bonds. The van der Waals surface area contributed by atoms with E-state index in [1.807, 2.05) is 0 Å². The number of hydrogen-bond acceptors (Lipinski definition) is 3. The minimum Gasteiger partial charge on any atom is -0.370 e. The van der Waals surface area contributed by atoms with Crippen LogP contribution in [0.2, 0.25) is 0 Å². The van der Waals surface area contributed by atoms with Gasteiger partial charge in [-0.2, -0.15) is 0 Å². The molecule has 2 heterocycles. The standard InChI is InChI=1S/C16H24N2O/c1-12-10-18(11-16(2,3)19-12)15-9-17-8-13-6-4-5-7-14(13)15/h4-7,12,15,17H,8-11H2,1-3H3. The van der Waals surface area contributed by atoms with Crippen molar-refractivity contribution >= 4 is 0 Å². The van der Waals surface area contributed by atoms with E-state index in [0.717, 1.165) is 26.2 Å². The topological polar surface area (TPSA) is 24.5 Å². The van der Waals surface area contributed by atoms with Crippen molar-refractivity contribution in [1.29, 1.82) is 0 Å². The molecule has 0 bridgehead atoms. The Morgan fingerprint density at radius 2 is 2.11 bits per heavy atom. The van der Waals surface area contributed by atoms with Crippen molar-refractivity contribution in [2.75, 3.05) is 19.6 Å². The molecule has 0 aliphatic carbocycles. The van der Waals surface area contributed by atoms with Crippen molar-refractivity contribution in [2.45, 2.75) is 45.1 Å². The van der Waals surface area contributed by atoms with Crippen LogP contribution in [0, 0.1) is 0 Å². The molecule has 1 aromatic rings. The first-order chi connectivity index (χ1) is 9.05. The molecular weight excluding hydrogens is 236 g/mol. The maximum absolute atomic E-state index is 6.02. The van der Waals surface area contributed by atoms with Crippen molar-refractivity contribution in [1.82, 2.24) is 10.2 Å². The van der Waals surface area contributed by atoms with Crippen molar-refractivity contribution in [3.63, 3.8) is 0 Å². The van der Waals surface area contributed by atoms with Crippen molar-refractivity contribution in [3.05, 3.63) is 35.4 Å². The van der Waals surface area contributed by atoms with E-state index in [0.29, 0.717) is 12.1 Å². The predicted molar refractivity (Wildman–Crippen MR) is 77.1 cm³/mol. The molecule has 104 valence electrons. The molecule has 2 aliphatic heterocycles. The van der Waals surface area contributed by atoms with E-state index < -0.39 is 0 Å². The minimum atomic E-state index is -0.0515. The summed E-state index contributed by atoms with van der Waals surface area (Å²) in [5.74, 6) is 0. The summed E-state index contributed by atoms with van der Waals surface area (Å²) in [6.45, 7) is 10.6. The van der Waals surface area contributed by atoms with Gasteiger partial charge in [0.15, 0.2) is 0 Å². The Morgan fingerprint density at radius 3 is 2.89 bits per heavy atom. The molecule has 0 aromatic heterocycles. The number of rotatable bonds is 1. The van der Waals surface area contributed by atoms with E-state index in [1.54, 1.807) is 0 Å². The Morgan fingerprint density at radius 1 is 1.32 bits per heavy atom. The second-order valence-corrected chi connectivity index (χ2v) is 6.46. The van der Waals surface area contributed by atoms with Gasteiger partial charge in [-0.25, -0.2) is 0 Å². The van der Waals surface area contributed by atoms with Crippen molar-refractivity contribution in [3.8, 4) is 0 Å². The van der Waals surface area contributed by atoms with Gasteiger partial charge in [0, 0.05) is 32.2 Å². The lowest BCUT2D eigenvalue weighted by Gasteiger charge is -2.46. The van der Waals surface area contributed by atoms with Crippen LogP contribution in [-0.4, -0.2) is 36.2 Å². The summed E-state index contributed by atoms with van der Waals surface area (Å²) in [6.07, 6.45) is 0.304. The van der Waals surface area contributed by atoms with Gasteiger partial charge in [-0.15, -0.1) is 0 Å². The normalized spacial score (nSPS) is 30.9. The number of fused-ring (bicyclic) bond motifs is 1. The molecule has 0 saturated carbocycles. The van der Waals surface area contributed by atoms with Crippen LogP contribution in [0.25, 0.3) is 0 Å². The summed E-state index contributed by atoms with van der Waals surface area (Å²) in [6, 6.07) is 9.30. The average Bonchev–Trinajstić information content (AvgIpc) is 2.35. The van der Waals surface area contributed by atoms with Gasteiger partial charge in [-0.1, -0.05) is 24.3 Å². The fourth-order valence-electron chi connectivity index (χ4n) is 3.54. The number of ether oxygens (including phenoxy) is 1. The van der Waals surface area contributed by atoms with Crippen LogP contribution in [0.5, 0.6) is 0 Å². The van der Waals surface area contributed by atoms with E-state index in [-0.39, 0.29) is 5.60 Å². The van der Waals surface area contributed by atoms with Gasteiger partial charge in [0.05, 0.1) is 11.7 Å². The maximum Gasteiger partial charge on any atom is 0.0757 e. The zero-order chi connectivity index (χ0) is 13.5. The largest absolute Gasteiger partial charge is 0.370 e. The van der Waals surface area contributed by atoms with E-state index in [2.05, 4.69) is 55.3 Å². The average molecular weight is 260 g/mol. The van der Waals surface area contributed by atoms with Gasteiger partial charge < -0.3 is 10.1 Å². The van der Waals surface area contributed by atoms with Gasteiger partial charge in [-0.05, 0) is 31.9 Å². The third-order valence-corrected chi connectivity index (χ3v) is 4.10. The zero-order valence-electron chi connectivity index (χ0n) is 12.1. The monoisotopic (exact) mass is 260 g/mol. The molecule has 0 spiro atoms. The van der Waals surface area contributed by atoms with Gasteiger partial charge in [-0.3, -0.25) is 4.90 Å². The third kappa shape index (κ3) is 2.69. The molecule has 1 saturated heterocycles. The number of morpholine rings is 1. The molecule has 1 fully saturated rings. The van der Waals surface area contributed by atoms with Crippen molar-refractivity contribution in [2.24, 2.45) is 0 Å². The van der Waals surface area contributed by atoms with Crippen LogP contribution >= 0.6 is 0 Å². The van der Waals surface area contributed by atoms with Gasteiger partial charge >= 0.3 is 0 Å². The summed E-state index contributed by atoms with van der Waals surface area (Å²) < 4.78 is 6.02. The van der Waals surface area contributed by atoms with Gasteiger partial charge in [0.2, 0.25) is 0 Å². The number of nitrogens with one attached hydrogen (secondary N) is 1. The van der Waals surface area contributed by atoms with Gasteiger partial charge in [0.1, 0.15) is 0 Å². The molecule has 3 heteroatoms. The molecule has 1 aromatic carbocycles. The second kappa shape index (κ2) is 4.89. The molecule has 2 unspecified atom stereocenters. The highest BCUT2D eigenvalue weighted by Crippen LogP contribution is 2.32. The summed E-state index contributed by atoms with van der Waals surface area (Å²) in [5, 5.41) is 3.55. The zero-order valence-corrected chi connectivity index (χ0v) is 12.1. The first-order valence-electron chi connectivity index (χ1n) is 7.25. The highest BCUT2D eigenvalue weighted by molar-refractivity contribution is 5.32. The lowest BCUT2D eigenvalue weighted by Crippen LogP contribution is -2.54. The van der Waals surface area contributed by atoms with E-state index in [1.165, 1.54) is 11.1 Å². The van der Waals surface area contributed by atoms with E-state index >= 15 is 0 Å². The summed E-state index contributed by atoms with van der Waals surface area (Å²) in [4.78, 5) is 2.58. The van der Waals surface area contributed by atoms with Gasteiger partial charge in [0.25, 0.3) is 0 Å². The van der Waals surface area contributed by atoms with Crippen LogP contribution in [0.15, 0.2) is 24.3 Å². The Labute approximate surface area is 115 Å². The minimum absolute atomic E-state index is 0.0515. The highest BCUT2D eigenvalue weighted by atomic mass is 16.5. The molecule has 2 atom stereocenters. The molecular formula is C16H24N2O. The maximum atomic E-state index is 6.02. The molecule has 0 radical (unpaired) electrons. The number of benzene rings is 1. The second-order valence-electron chi connectivity index (χ2n) is 6.46. The highest BCUT2D eigenvalue weighted by Gasteiger charge is 2.36. The first kappa shape index (κ1) is 13.1. The molecule has 19 heavy (non-hydrogen) atoms. The Bertz CT molecular complexity index is 458.